The number of fused-ring (bicyclic) bond motifs is 8. The van der Waals surface area contributed by atoms with Crippen molar-refractivity contribution in [3.05, 3.63) is 215 Å². The van der Waals surface area contributed by atoms with Crippen molar-refractivity contribution in [1.82, 2.24) is 19.6 Å². The first-order valence-electron chi connectivity index (χ1n) is 36.3. The molecular weight excluding hydrogens is 1400 g/mol. The number of rotatable bonds is 22. The Morgan fingerprint density at radius 1 is 0.336 bits per heavy atom. The third kappa shape index (κ3) is 14.9. The Balaban J connectivity index is 0.000000175. The monoisotopic (exact) mass is 1480 g/mol. The molecule has 0 saturated heterocycles. The molecule has 110 heavy (non-hydrogen) atoms. The maximum Gasteiger partial charge on any atom is 0.260 e. The zero-order valence-electron chi connectivity index (χ0n) is 61.7. The second-order valence-corrected chi connectivity index (χ2v) is 27.2. The number of nitrogens with zero attached hydrogens (tertiary/aromatic N) is 8. The lowest BCUT2D eigenvalue weighted by molar-refractivity contribution is 0.0740. The summed E-state index contributed by atoms with van der Waals surface area (Å²) >= 11 is 0. The van der Waals surface area contributed by atoms with E-state index >= 15 is 0 Å². The first-order chi connectivity index (χ1) is 53.7. The second kappa shape index (κ2) is 31.7. The normalized spacial score (nSPS) is 18.2. The largest absolute Gasteiger partial charge is 0.497 e. The maximum atomic E-state index is 13.8. The third-order valence-corrected chi connectivity index (χ3v) is 20.6. The number of amides is 4. The molecule has 0 saturated carbocycles. The fourth-order valence-corrected chi connectivity index (χ4v) is 14.6. The molecule has 8 aliphatic heterocycles. The van der Waals surface area contributed by atoms with E-state index in [1.165, 1.54) is 7.11 Å². The van der Waals surface area contributed by atoms with Crippen LogP contribution in [0.2, 0.25) is 0 Å². The number of nitrogens with two attached hydrogens (primary N) is 2. The van der Waals surface area contributed by atoms with E-state index in [4.69, 9.17) is 73.8 Å². The van der Waals surface area contributed by atoms with E-state index in [1.807, 2.05) is 138 Å². The van der Waals surface area contributed by atoms with Crippen LogP contribution in [0.25, 0.3) is 22.3 Å². The fraction of sp³-hybridized carbons (Fsp3) is 0.256. The Kier molecular flexibility index (Phi) is 20.9. The summed E-state index contributed by atoms with van der Waals surface area (Å²) in [5.41, 5.74) is 25.7. The van der Waals surface area contributed by atoms with Gasteiger partial charge < -0.3 is 78.4 Å². The Hall–Kier alpha value is -13.1. The zero-order valence-corrected chi connectivity index (χ0v) is 61.7. The average molecular weight is 1480 g/mol. The first kappa shape index (κ1) is 72.4. The number of benzene rings is 8. The Morgan fingerprint density at radius 3 is 0.927 bits per heavy atom. The number of carbonyl (C=O) groups is 4. The van der Waals surface area contributed by atoms with Gasteiger partial charge >= 0.3 is 0 Å². The molecule has 16 rings (SSSR count). The predicted molar refractivity (Wildman–Crippen MR) is 423 cm³/mol. The van der Waals surface area contributed by atoms with Gasteiger partial charge in [0.25, 0.3) is 23.6 Å². The van der Waals surface area contributed by atoms with E-state index in [1.54, 1.807) is 100 Å². The van der Waals surface area contributed by atoms with Crippen LogP contribution in [0, 0.1) is 0 Å². The SMILES string of the molecule is COc1ccc(C2=CCN3C(=O)c4cc(OC)c(OCCCOc5cc6c(cc5OC)C(=O)N5CC=C(c7ccc(N)cc7)C[C@H]5C=N6)cc4N=C[C@@H]3C2)cc1.COc1ccc(C2=CN3C(=O)c4cc(OC)c(OCCCOc5cc6c(cc5OC)C(=O)N5C=C(c7ccc(N)cc7)C[C@H]5C=N6)cc4N=C[C@@H]3C2)cc1. The minimum absolute atomic E-state index is 0.109. The van der Waals surface area contributed by atoms with Gasteiger partial charge in [-0.15, -0.1) is 0 Å². The standard InChI is InChI=1S/C44H43N5O7.C42H39N5O7/c1-52-34-11-7-28(8-12-34)30-14-16-49-33(20-30)26-47-38-24-42(40(54-3)22-36(38)44(49)51)56-18-4-17-55-41-23-37-35(21-39(41)53-2)43(50)48-15-13-29(19-32(48)25-46-37)27-5-9-31(45)10-6-27;1-50-32-11-7-26(8-12-32)28-16-31-22-45-36-20-40(38(52-3)18-34(36)42(49)47(31)24-28)54-14-4-13-53-39-19-35-33(17-37(39)51-2)41(48)46-23-27(15-30(46)21-44-35)25-5-9-29(43)10-6-25/h5-14,21-26,32-33H,4,15-20,45H2,1-3H3;5-12,17-24,30-31H,4,13-16,43H2,1-3H3/t32-,33-;30-,31-/m00/s1. The van der Waals surface area contributed by atoms with Gasteiger partial charge in [-0.25, -0.2) is 0 Å². The van der Waals surface area contributed by atoms with Crippen molar-refractivity contribution >= 4 is 105 Å². The summed E-state index contributed by atoms with van der Waals surface area (Å²) in [5.74, 6) is 4.70. The predicted octanol–water partition coefficient (Wildman–Crippen LogP) is 14.3. The highest BCUT2D eigenvalue weighted by atomic mass is 16.5. The molecule has 0 spiro atoms. The van der Waals surface area contributed by atoms with Gasteiger partial charge in [0, 0.05) is 112 Å². The molecule has 4 N–H and O–H groups in total. The minimum atomic E-state index is -0.203. The number of aliphatic imine (C=N–C) groups is 4. The van der Waals surface area contributed by atoms with Crippen LogP contribution < -0.4 is 58.8 Å². The van der Waals surface area contributed by atoms with Crippen molar-refractivity contribution in [2.75, 3.05) is 93.6 Å². The topological polar surface area (TPSA) is 275 Å². The summed E-state index contributed by atoms with van der Waals surface area (Å²) < 4.78 is 57.7. The van der Waals surface area contributed by atoms with Crippen molar-refractivity contribution in [3.63, 3.8) is 0 Å². The van der Waals surface area contributed by atoms with Crippen molar-refractivity contribution in [2.45, 2.75) is 62.7 Å². The highest BCUT2D eigenvalue weighted by molar-refractivity contribution is 6.08. The van der Waals surface area contributed by atoms with E-state index in [-0.39, 0.29) is 47.8 Å². The molecule has 560 valence electrons. The number of hydrogen-bond acceptors (Lipinski definition) is 20. The molecule has 0 unspecified atom stereocenters. The minimum Gasteiger partial charge on any atom is -0.497 e. The van der Waals surface area contributed by atoms with E-state index in [2.05, 4.69) is 17.1 Å². The van der Waals surface area contributed by atoms with Crippen LogP contribution in [-0.2, 0) is 0 Å². The van der Waals surface area contributed by atoms with Crippen LogP contribution in [-0.4, -0.2) is 174 Å². The van der Waals surface area contributed by atoms with Crippen LogP contribution in [0.1, 0.15) is 102 Å². The summed E-state index contributed by atoms with van der Waals surface area (Å²) in [7, 11) is 9.46. The molecular formula is C86H82N10O14. The summed E-state index contributed by atoms with van der Waals surface area (Å²) in [5, 5.41) is 0. The maximum absolute atomic E-state index is 13.8. The van der Waals surface area contributed by atoms with Crippen molar-refractivity contribution in [2.24, 2.45) is 20.0 Å². The quantitative estimate of drug-likeness (QED) is 0.0471. The van der Waals surface area contributed by atoms with E-state index in [0.29, 0.717) is 180 Å². The van der Waals surface area contributed by atoms with Crippen LogP contribution in [0.15, 0.2) is 190 Å². The third-order valence-electron chi connectivity index (χ3n) is 20.6. The molecule has 0 radical (unpaired) electrons. The smallest absolute Gasteiger partial charge is 0.260 e. The van der Waals surface area contributed by atoms with Crippen LogP contribution in [0.3, 0.4) is 0 Å². The number of ether oxygens (including phenoxy) is 10. The number of hydrogen-bond donors (Lipinski definition) is 2. The molecule has 8 aromatic rings. The number of anilines is 2. The highest BCUT2D eigenvalue weighted by Gasteiger charge is 2.38. The lowest BCUT2D eigenvalue weighted by Gasteiger charge is -2.32. The number of nitrogen functional groups attached to an aromatic ring is 2. The van der Waals surface area contributed by atoms with E-state index in [9.17, 15) is 19.2 Å². The van der Waals surface area contributed by atoms with Gasteiger partial charge in [-0.2, -0.15) is 0 Å². The van der Waals surface area contributed by atoms with Gasteiger partial charge in [0.2, 0.25) is 0 Å². The summed E-state index contributed by atoms with van der Waals surface area (Å²) in [6, 6.07) is 44.1. The summed E-state index contributed by atoms with van der Waals surface area (Å²) in [6.45, 7) is 2.16. The molecule has 0 fully saturated rings. The molecule has 4 atom stereocenters. The molecule has 0 aliphatic carbocycles. The van der Waals surface area contributed by atoms with Gasteiger partial charge in [0.15, 0.2) is 46.0 Å². The van der Waals surface area contributed by atoms with Gasteiger partial charge in [-0.05, 0) is 130 Å². The van der Waals surface area contributed by atoms with Crippen LogP contribution >= 0.6 is 0 Å². The molecule has 8 aromatic carbocycles. The summed E-state index contributed by atoms with van der Waals surface area (Å²) in [6.07, 6.45) is 18.9. The molecule has 0 bridgehead atoms. The fourth-order valence-electron chi connectivity index (χ4n) is 14.6. The van der Waals surface area contributed by atoms with Crippen LogP contribution in [0.4, 0.5) is 34.1 Å². The second-order valence-electron chi connectivity index (χ2n) is 27.2. The first-order valence-corrected chi connectivity index (χ1v) is 36.3. The number of methoxy groups -OCH3 is 6. The van der Waals surface area contributed by atoms with Crippen LogP contribution in [0.5, 0.6) is 57.5 Å². The van der Waals surface area contributed by atoms with Gasteiger partial charge in [0.05, 0.1) is 138 Å². The molecule has 24 nitrogen and oxygen atoms in total. The number of carbonyl (C=O) groups excluding carboxylic acids is 4. The van der Waals surface area contributed by atoms with Crippen molar-refractivity contribution in [1.29, 1.82) is 0 Å². The van der Waals surface area contributed by atoms with Gasteiger partial charge in [-0.3, -0.25) is 39.1 Å². The summed E-state index contributed by atoms with van der Waals surface area (Å²) in [4.78, 5) is 80.9. The molecule has 0 aromatic heterocycles. The Labute approximate surface area is 636 Å². The molecule has 8 aliphatic rings. The highest BCUT2D eigenvalue weighted by Crippen LogP contribution is 2.45. The van der Waals surface area contributed by atoms with Crippen molar-refractivity contribution < 1.29 is 66.5 Å². The Morgan fingerprint density at radius 2 is 0.618 bits per heavy atom. The van der Waals surface area contributed by atoms with Gasteiger partial charge in [-0.1, -0.05) is 60.7 Å². The molecule has 24 heteroatoms. The lowest BCUT2D eigenvalue weighted by atomic mass is 9.94. The Bertz CT molecular complexity index is 5160. The van der Waals surface area contributed by atoms with Crippen molar-refractivity contribution in [3.8, 4) is 57.5 Å². The lowest BCUT2D eigenvalue weighted by Crippen LogP contribution is -2.43. The molecule has 4 amide bonds. The molecule has 8 heterocycles. The van der Waals surface area contributed by atoms with E-state index in [0.717, 1.165) is 56.0 Å². The average Bonchev–Trinajstić information content (AvgIpc) is 1.62. The zero-order chi connectivity index (χ0) is 76.1. The van der Waals surface area contributed by atoms with E-state index < -0.39 is 0 Å². The van der Waals surface area contributed by atoms with Gasteiger partial charge in [0.1, 0.15) is 11.5 Å².